The summed E-state index contributed by atoms with van der Waals surface area (Å²) in [5, 5.41) is 5.16. The summed E-state index contributed by atoms with van der Waals surface area (Å²) < 4.78 is 0. The van der Waals surface area contributed by atoms with Crippen molar-refractivity contribution in [3.05, 3.63) is 59.7 Å². The molecular weight excluding hydrogens is 398 g/mol. The first-order valence-corrected chi connectivity index (χ1v) is 11.1. The van der Waals surface area contributed by atoms with Crippen LogP contribution in [0.1, 0.15) is 53.9 Å². The van der Waals surface area contributed by atoms with Crippen LogP contribution < -0.4 is 15.5 Å². The molecule has 158 valence electrons. The third-order valence-corrected chi connectivity index (χ3v) is 6.32. The predicted octanol–water partition coefficient (Wildman–Crippen LogP) is 4.73. The molecule has 5 nitrogen and oxygen atoms in total. The zero-order valence-corrected chi connectivity index (χ0v) is 18.0. The number of alkyl halides is 1. The Morgan fingerprint density at radius 1 is 1.03 bits per heavy atom. The summed E-state index contributed by atoms with van der Waals surface area (Å²) in [7, 11) is 0. The van der Waals surface area contributed by atoms with Gasteiger partial charge in [-0.1, -0.05) is 37.3 Å². The molecule has 4 rings (SSSR count). The highest BCUT2D eigenvalue weighted by atomic mass is 35.5. The number of carbonyl (C=O) groups excluding carboxylic acids is 2. The zero-order chi connectivity index (χ0) is 21.1. The van der Waals surface area contributed by atoms with Gasteiger partial charge in [0.25, 0.3) is 5.91 Å². The molecule has 2 amide bonds. The van der Waals surface area contributed by atoms with Crippen LogP contribution in [0.3, 0.4) is 0 Å². The monoisotopic (exact) mass is 425 g/mol. The van der Waals surface area contributed by atoms with E-state index >= 15 is 0 Å². The van der Waals surface area contributed by atoms with Crippen LogP contribution >= 0.6 is 11.6 Å². The normalized spacial score (nSPS) is 18.0. The second-order valence-corrected chi connectivity index (χ2v) is 8.85. The van der Waals surface area contributed by atoms with Gasteiger partial charge in [-0.15, -0.1) is 11.6 Å². The molecule has 0 spiro atoms. The second kappa shape index (κ2) is 9.09. The van der Waals surface area contributed by atoms with E-state index in [1.54, 1.807) is 6.07 Å². The average Bonchev–Trinajstić information content (AvgIpc) is 3.58. The number of piperidine rings is 1. The number of nitrogens with zero attached hydrogens (tertiary/aromatic N) is 1. The van der Waals surface area contributed by atoms with E-state index in [2.05, 4.69) is 22.5 Å². The number of halogens is 1. The third kappa shape index (κ3) is 4.96. The smallest absolute Gasteiger partial charge is 0.253 e. The molecule has 2 aromatic carbocycles. The topological polar surface area (TPSA) is 61.4 Å². The Morgan fingerprint density at radius 3 is 2.40 bits per heavy atom. The van der Waals surface area contributed by atoms with Gasteiger partial charge in [-0.05, 0) is 55.4 Å². The van der Waals surface area contributed by atoms with Crippen LogP contribution in [-0.4, -0.2) is 30.9 Å². The summed E-state index contributed by atoms with van der Waals surface area (Å²) in [4.78, 5) is 27.9. The highest BCUT2D eigenvalue weighted by Crippen LogP contribution is 2.30. The fraction of sp³-hybridized carbons (Fsp3) is 0.417. The molecule has 1 atom stereocenters. The molecule has 0 radical (unpaired) electrons. The quantitative estimate of drug-likeness (QED) is 0.657. The molecule has 0 bridgehead atoms. The lowest BCUT2D eigenvalue weighted by molar-refractivity contribution is -0.116. The van der Waals surface area contributed by atoms with Gasteiger partial charge in [-0.2, -0.15) is 0 Å². The van der Waals surface area contributed by atoms with Crippen molar-refractivity contribution in [3.63, 3.8) is 0 Å². The fourth-order valence-corrected chi connectivity index (χ4v) is 3.99. The van der Waals surface area contributed by atoms with Gasteiger partial charge in [0.1, 0.15) is 5.38 Å². The molecule has 2 aliphatic rings. The molecule has 0 aromatic heterocycles. The Bertz CT molecular complexity index is 906. The van der Waals surface area contributed by atoms with Crippen LogP contribution in [0.2, 0.25) is 0 Å². The minimum Gasteiger partial charge on any atom is -0.371 e. The summed E-state index contributed by atoms with van der Waals surface area (Å²) >= 11 is 6.35. The third-order valence-electron chi connectivity index (χ3n) is 5.87. The van der Waals surface area contributed by atoms with E-state index < -0.39 is 5.38 Å². The van der Waals surface area contributed by atoms with Crippen LogP contribution in [0.15, 0.2) is 48.5 Å². The molecule has 1 heterocycles. The Kier molecular flexibility index (Phi) is 6.28. The predicted molar refractivity (Wildman–Crippen MR) is 121 cm³/mol. The first-order chi connectivity index (χ1) is 14.5. The molecular formula is C24H28ClN3O2. The Balaban J connectivity index is 1.54. The molecule has 1 saturated heterocycles. The molecule has 6 heteroatoms. The number of hydrogen-bond donors (Lipinski definition) is 2. The maximum atomic E-state index is 12.9. The molecule has 1 aliphatic carbocycles. The number of nitrogens with one attached hydrogen (secondary N) is 2. The van der Waals surface area contributed by atoms with Crippen LogP contribution in [0, 0.1) is 5.92 Å². The van der Waals surface area contributed by atoms with E-state index in [0.717, 1.165) is 50.0 Å². The number of rotatable bonds is 6. The SMILES string of the molecule is CC1CCN(c2ccc(NC(=O)[C@H](Cl)c3ccccc3)cc2C(=O)NC2CC2)CC1. The Hall–Kier alpha value is -2.53. The van der Waals surface area contributed by atoms with Gasteiger partial charge in [0.05, 0.1) is 5.56 Å². The first-order valence-electron chi connectivity index (χ1n) is 10.7. The summed E-state index contributed by atoms with van der Waals surface area (Å²) in [5.41, 5.74) is 2.86. The van der Waals surface area contributed by atoms with Gasteiger partial charge in [0.15, 0.2) is 0 Å². The van der Waals surface area contributed by atoms with Crippen molar-refractivity contribution in [3.8, 4) is 0 Å². The van der Waals surface area contributed by atoms with E-state index in [-0.39, 0.29) is 17.9 Å². The van der Waals surface area contributed by atoms with Gasteiger partial charge >= 0.3 is 0 Å². The average molecular weight is 426 g/mol. The van der Waals surface area contributed by atoms with E-state index in [1.165, 1.54) is 0 Å². The first kappa shape index (κ1) is 20.7. The minimum atomic E-state index is -0.793. The lowest BCUT2D eigenvalue weighted by Gasteiger charge is -2.33. The summed E-state index contributed by atoms with van der Waals surface area (Å²) in [6.07, 6.45) is 4.30. The zero-order valence-electron chi connectivity index (χ0n) is 17.2. The summed E-state index contributed by atoms with van der Waals surface area (Å²) in [5.74, 6) is 0.325. The van der Waals surface area contributed by atoms with Crippen molar-refractivity contribution in [2.45, 2.75) is 44.0 Å². The summed E-state index contributed by atoms with van der Waals surface area (Å²) in [6, 6.07) is 15.1. The van der Waals surface area contributed by atoms with E-state index in [9.17, 15) is 9.59 Å². The highest BCUT2D eigenvalue weighted by Gasteiger charge is 2.27. The lowest BCUT2D eigenvalue weighted by atomic mass is 9.97. The van der Waals surface area contributed by atoms with E-state index in [1.807, 2.05) is 42.5 Å². The van der Waals surface area contributed by atoms with Crippen molar-refractivity contribution in [1.29, 1.82) is 0 Å². The largest absolute Gasteiger partial charge is 0.371 e. The number of amides is 2. The van der Waals surface area contributed by atoms with Crippen molar-refractivity contribution in [2.24, 2.45) is 5.92 Å². The van der Waals surface area contributed by atoms with Crippen LogP contribution in [0.5, 0.6) is 0 Å². The molecule has 1 saturated carbocycles. The van der Waals surface area contributed by atoms with Gasteiger partial charge in [-0.25, -0.2) is 0 Å². The highest BCUT2D eigenvalue weighted by molar-refractivity contribution is 6.32. The van der Waals surface area contributed by atoms with E-state index in [0.29, 0.717) is 17.2 Å². The summed E-state index contributed by atoms with van der Waals surface area (Å²) in [6.45, 7) is 4.15. The number of anilines is 2. The van der Waals surface area contributed by atoms with Crippen LogP contribution in [-0.2, 0) is 4.79 Å². The van der Waals surface area contributed by atoms with Gasteiger partial charge < -0.3 is 15.5 Å². The van der Waals surface area contributed by atoms with Gasteiger partial charge in [0.2, 0.25) is 5.91 Å². The lowest BCUT2D eigenvalue weighted by Crippen LogP contribution is -2.35. The Morgan fingerprint density at radius 2 is 1.73 bits per heavy atom. The Labute approximate surface area is 182 Å². The maximum absolute atomic E-state index is 12.9. The van der Waals surface area contributed by atoms with Crippen LogP contribution in [0.4, 0.5) is 11.4 Å². The standard InChI is InChI=1S/C24H28ClN3O2/c1-16-11-13-28(14-12-16)21-10-9-19(15-20(21)23(29)26-18-7-8-18)27-24(30)22(25)17-5-3-2-4-6-17/h2-6,9-10,15-16,18,22H,7-8,11-14H2,1H3,(H,26,29)(H,27,30)/t22-/m1/s1. The van der Waals surface area contributed by atoms with Crippen LogP contribution in [0.25, 0.3) is 0 Å². The van der Waals surface area contributed by atoms with Crippen molar-refractivity contribution < 1.29 is 9.59 Å². The number of carbonyl (C=O) groups is 2. The maximum Gasteiger partial charge on any atom is 0.253 e. The van der Waals surface area contributed by atoms with E-state index in [4.69, 9.17) is 11.6 Å². The number of hydrogen-bond acceptors (Lipinski definition) is 3. The minimum absolute atomic E-state index is 0.0762. The molecule has 0 unspecified atom stereocenters. The second-order valence-electron chi connectivity index (χ2n) is 8.41. The van der Waals surface area contributed by atoms with Crippen molar-refractivity contribution in [1.82, 2.24) is 5.32 Å². The molecule has 1 aliphatic heterocycles. The molecule has 30 heavy (non-hydrogen) atoms. The van der Waals surface area contributed by atoms with Crippen molar-refractivity contribution >= 4 is 34.8 Å². The molecule has 2 fully saturated rings. The van der Waals surface area contributed by atoms with Gasteiger partial charge in [-0.3, -0.25) is 9.59 Å². The van der Waals surface area contributed by atoms with Gasteiger partial charge in [0, 0.05) is 30.5 Å². The molecule has 2 N–H and O–H groups in total. The fourth-order valence-electron chi connectivity index (χ4n) is 3.79. The molecule has 2 aromatic rings. The van der Waals surface area contributed by atoms with Crippen molar-refractivity contribution in [2.75, 3.05) is 23.3 Å². The number of benzene rings is 2.